The summed E-state index contributed by atoms with van der Waals surface area (Å²) in [5, 5.41) is 3.70. The van der Waals surface area contributed by atoms with Crippen molar-refractivity contribution >= 4 is 0 Å². The van der Waals surface area contributed by atoms with Gasteiger partial charge >= 0.3 is 0 Å². The van der Waals surface area contributed by atoms with Crippen LogP contribution in [0.4, 0.5) is 0 Å². The first-order chi connectivity index (χ1) is 8.42. The van der Waals surface area contributed by atoms with Crippen molar-refractivity contribution < 1.29 is 0 Å². The molecular weight excluding hydrogens is 208 g/mol. The molecule has 3 rings (SSSR count). The van der Waals surface area contributed by atoms with Gasteiger partial charge in [0.15, 0.2) is 0 Å². The molecule has 0 spiro atoms. The highest BCUT2D eigenvalue weighted by molar-refractivity contribution is 5.14. The van der Waals surface area contributed by atoms with Gasteiger partial charge in [-0.25, -0.2) is 0 Å². The van der Waals surface area contributed by atoms with E-state index in [1.807, 2.05) is 0 Å². The maximum absolute atomic E-state index is 3.70. The second-order valence-corrected chi connectivity index (χ2v) is 5.47. The van der Waals surface area contributed by atoms with Crippen LogP contribution < -0.4 is 5.32 Å². The van der Waals surface area contributed by atoms with Crippen LogP contribution in [0.25, 0.3) is 0 Å². The zero-order valence-electron chi connectivity index (χ0n) is 10.4. The fourth-order valence-electron chi connectivity index (χ4n) is 3.28. The Balaban J connectivity index is 1.59. The summed E-state index contributed by atoms with van der Waals surface area (Å²) in [5.41, 5.74) is 1.45. The molecule has 2 saturated heterocycles. The molecular formula is C15H22N2. The molecule has 2 nitrogen and oxygen atoms in total. The van der Waals surface area contributed by atoms with E-state index in [4.69, 9.17) is 0 Å². The second kappa shape index (κ2) is 5.19. The Morgan fingerprint density at radius 1 is 1.18 bits per heavy atom. The van der Waals surface area contributed by atoms with Gasteiger partial charge in [-0.2, -0.15) is 0 Å². The van der Waals surface area contributed by atoms with Crippen LogP contribution in [0.15, 0.2) is 30.3 Å². The van der Waals surface area contributed by atoms with E-state index in [1.54, 1.807) is 0 Å². The second-order valence-electron chi connectivity index (χ2n) is 5.47. The Kier molecular flexibility index (Phi) is 3.44. The van der Waals surface area contributed by atoms with E-state index in [1.165, 1.54) is 44.5 Å². The summed E-state index contributed by atoms with van der Waals surface area (Å²) in [7, 11) is 0. The SMILES string of the molecule is c1ccc(CN2CC[C@@H]3CCCN[C@@H]3C2)cc1. The Bertz CT molecular complexity index is 349. The quantitative estimate of drug-likeness (QED) is 0.838. The predicted molar refractivity (Wildman–Crippen MR) is 70.9 cm³/mol. The Morgan fingerprint density at radius 3 is 2.94 bits per heavy atom. The van der Waals surface area contributed by atoms with Crippen molar-refractivity contribution in [2.45, 2.75) is 31.8 Å². The van der Waals surface area contributed by atoms with Crippen molar-refractivity contribution in [2.24, 2.45) is 5.92 Å². The molecule has 2 heteroatoms. The number of benzene rings is 1. The average Bonchev–Trinajstić information content (AvgIpc) is 2.40. The van der Waals surface area contributed by atoms with Gasteiger partial charge < -0.3 is 5.32 Å². The lowest BCUT2D eigenvalue weighted by Crippen LogP contribution is -2.53. The van der Waals surface area contributed by atoms with Crippen molar-refractivity contribution in [3.63, 3.8) is 0 Å². The van der Waals surface area contributed by atoms with Crippen molar-refractivity contribution in [3.05, 3.63) is 35.9 Å². The van der Waals surface area contributed by atoms with E-state index in [0.29, 0.717) is 0 Å². The number of hydrogen-bond acceptors (Lipinski definition) is 2. The van der Waals surface area contributed by atoms with Gasteiger partial charge in [0.1, 0.15) is 0 Å². The van der Waals surface area contributed by atoms with Gasteiger partial charge in [0, 0.05) is 19.1 Å². The molecule has 2 aliphatic rings. The Labute approximate surface area is 104 Å². The zero-order chi connectivity index (χ0) is 11.5. The predicted octanol–water partition coefficient (Wildman–Crippen LogP) is 2.26. The van der Waals surface area contributed by atoms with E-state index >= 15 is 0 Å². The average molecular weight is 230 g/mol. The van der Waals surface area contributed by atoms with Gasteiger partial charge in [0.05, 0.1) is 0 Å². The smallest absolute Gasteiger partial charge is 0.0234 e. The fourth-order valence-corrected chi connectivity index (χ4v) is 3.28. The maximum Gasteiger partial charge on any atom is 0.0234 e. The third kappa shape index (κ3) is 2.70. The standard InChI is InChI=1S/C15H22N2/c1-2-5-13(6-3-1)11-17-10-8-14-7-4-9-16-15(14)12-17/h1-3,5-6,14-16H,4,7-12H2/t14-,15+/m0/s1. The molecule has 2 heterocycles. The lowest BCUT2D eigenvalue weighted by molar-refractivity contribution is 0.112. The summed E-state index contributed by atoms with van der Waals surface area (Å²) in [6, 6.07) is 11.6. The van der Waals surface area contributed by atoms with Crippen LogP contribution in [0, 0.1) is 5.92 Å². The van der Waals surface area contributed by atoms with E-state index < -0.39 is 0 Å². The highest BCUT2D eigenvalue weighted by atomic mass is 15.2. The summed E-state index contributed by atoms with van der Waals surface area (Å²) in [6.07, 6.45) is 4.20. The normalized spacial score (nSPS) is 29.9. The molecule has 2 aliphatic heterocycles. The van der Waals surface area contributed by atoms with Crippen molar-refractivity contribution in [1.29, 1.82) is 0 Å². The number of hydrogen-bond donors (Lipinski definition) is 1. The summed E-state index contributed by atoms with van der Waals surface area (Å²) < 4.78 is 0. The molecule has 0 bridgehead atoms. The molecule has 0 radical (unpaired) electrons. The fraction of sp³-hybridized carbons (Fsp3) is 0.600. The molecule has 1 aromatic rings. The molecule has 2 atom stereocenters. The molecule has 2 fully saturated rings. The summed E-state index contributed by atoms with van der Waals surface area (Å²) >= 11 is 0. The number of nitrogens with one attached hydrogen (secondary N) is 1. The molecule has 1 N–H and O–H groups in total. The molecule has 0 amide bonds. The number of nitrogens with zero attached hydrogens (tertiary/aromatic N) is 1. The number of likely N-dealkylation sites (tertiary alicyclic amines) is 1. The summed E-state index contributed by atoms with van der Waals surface area (Å²) in [6.45, 7) is 4.85. The molecule has 17 heavy (non-hydrogen) atoms. The van der Waals surface area contributed by atoms with E-state index in [2.05, 4.69) is 40.5 Å². The molecule has 1 aromatic carbocycles. The highest BCUT2D eigenvalue weighted by Gasteiger charge is 2.30. The lowest BCUT2D eigenvalue weighted by Gasteiger charge is -2.41. The van der Waals surface area contributed by atoms with Crippen molar-refractivity contribution in [2.75, 3.05) is 19.6 Å². The largest absolute Gasteiger partial charge is 0.312 e. The van der Waals surface area contributed by atoms with E-state index in [0.717, 1.165) is 18.5 Å². The van der Waals surface area contributed by atoms with E-state index in [-0.39, 0.29) is 0 Å². The minimum atomic E-state index is 0.751. The van der Waals surface area contributed by atoms with Gasteiger partial charge in [0.2, 0.25) is 0 Å². The van der Waals surface area contributed by atoms with Gasteiger partial charge in [-0.1, -0.05) is 30.3 Å². The summed E-state index contributed by atoms with van der Waals surface area (Å²) in [5.74, 6) is 0.941. The van der Waals surface area contributed by atoms with Crippen LogP contribution in [0.3, 0.4) is 0 Å². The van der Waals surface area contributed by atoms with Crippen LogP contribution in [-0.2, 0) is 6.54 Å². The van der Waals surface area contributed by atoms with Crippen LogP contribution in [0.1, 0.15) is 24.8 Å². The molecule has 0 unspecified atom stereocenters. The van der Waals surface area contributed by atoms with Crippen LogP contribution in [-0.4, -0.2) is 30.6 Å². The topological polar surface area (TPSA) is 15.3 Å². The van der Waals surface area contributed by atoms with Crippen LogP contribution >= 0.6 is 0 Å². The highest BCUT2D eigenvalue weighted by Crippen LogP contribution is 2.26. The molecule has 92 valence electrons. The zero-order valence-corrected chi connectivity index (χ0v) is 10.4. The minimum Gasteiger partial charge on any atom is -0.312 e. The number of fused-ring (bicyclic) bond motifs is 1. The number of rotatable bonds is 2. The monoisotopic (exact) mass is 230 g/mol. The first kappa shape index (κ1) is 11.2. The van der Waals surface area contributed by atoms with Gasteiger partial charge in [0.25, 0.3) is 0 Å². The van der Waals surface area contributed by atoms with Gasteiger partial charge in [-0.05, 0) is 43.8 Å². The Morgan fingerprint density at radius 2 is 2.06 bits per heavy atom. The third-order valence-corrected chi connectivity index (χ3v) is 4.25. The third-order valence-electron chi connectivity index (χ3n) is 4.25. The van der Waals surface area contributed by atoms with Crippen molar-refractivity contribution in [1.82, 2.24) is 10.2 Å². The maximum atomic E-state index is 3.70. The van der Waals surface area contributed by atoms with Gasteiger partial charge in [-0.3, -0.25) is 4.90 Å². The van der Waals surface area contributed by atoms with Crippen LogP contribution in [0.2, 0.25) is 0 Å². The molecule has 0 aliphatic carbocycles. The minimum absolute atomic E-state index is 0.751. The summed E-state index contributed by atoms with van der Waals surface area (Å²) in [4.78, 5) is 2.61. The number of piperidine rings is 2. The first-order valence-corrected chi connectivity index (χ1v) is 6.91. The molecule has 0 saturated carbocycles. The van der Waals surface area contributed by atoms with Gasteiger partial charge in [-0.15, -0.1) is 0 Å². The van der Waals surface area contributed by atoms with E-state index in [9.17, 15) is 0 Å². The molecule has 0 aromatic heterocycles. The first-order valence-electron chi connectivity index (χ1n) is 6.91. The lowest BCUT2D eigenvalue weighted by atomic mass is 9.85. The van der Waals surface area contributed by atoms with Crippen LogP contribution in [0.5, 0.6) is 0 Å². The Hall–Kier alpha value is -0.860. The van der Waals surface area contributed by atoms with Crippen molar-refractivity contribution in [3.8, 4) is 0 Å².